The fourth-order valence-electron chi connectivity index (χ4n) is 3.74. The Labute approximate surface area is 133 Å². The van der Waals surface area contributed by atoms with Gasteiger partial charge in [-0.25, -0.2) is 9.50 Å². The molecule has 2 aromatic heterocycles. The predicted octanol–water partition coefficient (Wildman–Crippen LogP) is 0.654. The van der Waals surface area contributed by atoms with Crippen molar-refractivity contribution >= 4 is 11.3 Å². The van der Waals surface area contributed by atoms with Crippen LogP contribution in [0.15, 0.2) is 18.5 Å². The standard InChI is InChI=1S/C15H20N4O4/c1-14(2)22-12-10(6-20)21-11(15(12,3)23-14)8-4-5-9-13(16)17-7-18-19(8)9/h4-5,7,10-12,20H,6H2,1-3H3,(H2,16,17,18)/t10-,11+,12-,15+/m1/s1. The zero-order valence-electron chi connectivity index (χ0n) is 13.3. The van der Waals surface area contributed by atoms with E-state index >= 15 is 0 Å². The number of rotatable bonds is 2. The molecule has 0 spiro atoms. The molecule has 124 valence electrons. The third-order valence-corrected chi connectivity index (χ3v) is 4.57. The number of aliphatic hydroxyl groups excluding tert-OH is 1. The maximum atomic E-state index is 9.66. The van der Waals surface area contributed by atoms with Crippen molar-refractivity contribution in [2.75, 3.05) is 12.3 Å². The van der Waals surface area contributed by atoms with E-state index in [9.17, 15) is 5.11 Å². The number of ether oxygens (including phenoxy) is 3. The maximum Gasteiger partial charge on any atom is 0.164 e. The van der Waals surface area contributed by atoms with E-state index in [0.29, 0.717) is 11.3 Å². The highest BCUT2D eigenvalue weighted by Crippen LogP contribution is 2.52. The Balaban J connectivity index is 1.83. The molecule has 3 N–H and O–H groups in total. The first kappa shape index (κ1) is 14.8. The summed E-state index contributed by atoms with van der Waals surface area (Å²) in [5, 5.41) is 13.9. The summed E-state index contributed by atoms with van der Waals surface area (Å²) >= 11 is 0. The summed E-state index contributed by atoms with van der Waals surface area (Å²) in [6, 6.07) is 3.74. The smallest absolute Gasteiger partial charge is 0.164 e. The second-order valence-electron chi connectivity index (χ2n) is 6.66. The van der Waals surface area contributed by atoms with Crippen LogP contribution in [0.4, 0.5) is 5.82 Å². The van der Waals surface area contributed by atoms with Crippen LogP contribution in [-0.4, -0.2) is 49.9 Å². The Kier molecular flexibility index (Phi) is 2.99. The Hall–Kier alpha value is -1.74. The van der Waals surface area contributed by atoms with E-state index in [4.69, 9.17) is 19.9 Å². The fourth-order valence-corrected chi connectivity index (χ4v) is 3.74. The molecule has 8 heteroatoms. The van der Waals surface area contributed by atoms with Crippen LogP contribution in [0.1, 0.15) is 32.6 Å². The van der Waals surface area contributed by atoms with Gasteiger partial charge in [-0.3, -0.25) is 0 Å². The van der Waals surface area contributed by atoms with Gasteiger partial charge < -0.3 is 25.1 Å². The number of anilines is 1. The van der Waals surface area contributed by atoms with Crippen molar-refractivity contribution < 1.29 is 19.3 Å². The van der Waals surface area contributed by atoms with Gasteiger partial charge in [0.05, 0.1) is 12.3 Å². The molecule has 4 rings (SSSR count). The van der Waals surface area contributed by atoms with Crippen molar-refractivity contribution in [1.29, 1.82) is 0 Å². The van der Waals surface area contributed by atoms with Gasteiger partial charge in [0.1, 0.15) is 35.8 Å². The van der Waals surface area contributed by atoms with Gasteiger partial charge in [0.2, 0.25) is 0 Å². The molecule has 2 aromatic rings. The summed E-state index contributed by atoms with van der Waals surface area (Å²) in [6.07, 6.45) is 0.136. The normalized spacial score (nSPS) is 35.7. The molecule has 23 heavy (non-hydrogen) atoms. The summed E-state index contributed by atoms with van der Waals surface area (Å²) in [5.41, 5.74) is 6.66. The minimum atomic E-state index is -0.740. The van der Waals surface area contributed by atoms with E-state index in [1.807, 2.05) is 32.9 Å². The Morgan fingerprint density at radius 3 is 2.87 bits per heavy atom. The van der Waals surface area contributed by atoms with Crippen LogP contribution in [0.25, 0.3) is 5.52 Å². The highest BCUT2D eigenvalue weighted by atomic mass is 16.8. The van der Waals surface area contributed by atoms with Crippen LogP contribution in [0.3, 0.4) is 0 Å². The quantitative estimate of drug-likeness (QED) is 0.837. The van der Waals surface area contributed by atoms with Gasteiger partial charge in [-0.05, 0) is 32.9 Å². The molecule has 0 aliphatic carbocycles. The molecule has 2 aliphatic heterocycles. The highest BCUT2D eigenvalue weighted by molar-refractivity contribution is 5.65. The average molecular weight is 320 g/mol. The van der Waals surface area contributed by atoms with Gasteiger partial charge in [0, 0.05) is 0 Å². The van der Waals surface area contributed by atoms with Crippen LogP contribution >= 0.6 is 0 Å². The zero-order chi connectivity index (χ0) is 16.4. The van der Waals surface area contributed by atoms with Crippen LogP contribution in [0.5, 0.6) is 0 Å². The number of hydrogen-bond donors (Lipinski definition) is 2. The van der Waals surface area contributed by atoms with Crippen LogP contribution in [0, 0.1) is 0 Å². The molecule has 4 atom stereocenters. The molecule has 0 unspecified atom stereocenters. The van der Waals surface area contributed by atoms with E-state index in [1.54, 1.807) is 4.52 Å². The van der Waals surface area contributed by atoms with Crippen molar-refractivity contribution in [3.8, 4) is 0 Å². The van der Waals surface area contributed by atoms with E-state index in [1.165, 1.54) is 6.33 Å². The minimum Gasteiger partial charge on any atom is -0.394 e. The van der Waals surface area contributed by atoms with Crippen molar-refractivity contribution in [3.05, 3.63) is 24.2 Å². The van der Waals surface area contributed by atoms with Gasteiger partial charge in [0.15, 0.2) is 11.6 Å². The minimum absolute atomic E-state index is 0.142. The van der Waals surface area contributed by atoms with E-state index in [-0.39, 0.29) is 12.7 Å². The number of nitrogens with two attached hydrogens (primary N) is 1. The van der Waals surface area contributed by atoms with Gasteiger partial charge in [0.25, 0.3) is 0 Å². The number of nitrogen functional groups attached to an aromatic ring is 1. The molecule has 2 saturated heterocycles. The largest absolute Gasteiger partial charge is 0.394 e. The lowest BCUT2D eigenvalue weighted by molar-refractivity contribution is -0.207. The lowest BCUT2D eigenvalue weighted by Gasteiger charge is -2.29. The molecule has 0 aromatic carbocycles. The van der Waals surface area contributed by atoms with Gasteiger partial charge >= 0.3 is 0 Å². The number of nitrogens with zero attached hydrogens (tertiary/aromatic N) is 3. The van der Waals surface area contributed by atoms with E-state index in [0.717, 1.165) is 5.69 Å². The number of hydrogen-bond acceptors (Lipinski definition) is 7. The first-order chi connectivity index (χ1) is 10.9. The second kappa shape index (κ2) is 4.64. The summed E-state index contributed by atoms with van der Waals surface area (Å²) in [4.78, 5) is 3.99. The molecular formula is C15H20N4O4. The molecule has 0 saturated carbocycles. The van der Waals surface area contributed by atoms with Gasteiger partial charge in [-0.15, -0.1) is 0 Å². The van der Waals surface area contributed by atoms with Crippen LogP contribution < -0.4 is 5.73 Å². The number of fused-ring (bicyclic) bond motifs is 2. The van der Waals surface area contributed by atoms with Crippen LogP contribution in [0.2, 0.25) is 0 Å². The number of aliphatic hydroxyl groups is 1. The molecular weight excluding hydrogens is 300 g/mol. The number of aromatic nitrogens is 3. The maximum absolute atomic E-state index is 9.66. The Bertz CT molecular complexity index is 761. The van der Waals surface area contributed by atoms with Crippen molar-refractivity contribution in [3.63, 3.8) is 0 Å². The summed E-state index contributed by atoms with van der Waals surface area (Å²) in [6.45, 7) is 5.52. The Morgan fingerprint density at radius 2 is 2.13 bits per heavy atom. The SMILES string of the molecule is CC1(C)O[C@@H]2[C@@H](CO)O[C@@H](c3ccc4c(N)ncnn34)[C@]2(C)O1. The molecule has 0 bridgehead atoms. The van der Waals surface area contributed by atoms with Gasteiger partial charge in [-0.2, -0.15) is 5.10 Å². The predicted molar refractivity (Wildman–Crippen MR) is 80.5 cm³/mol. The third kappa shape index (κ3) is 1.99. The zero-order valence-corrected chi connectivity index (χ0v) is 13.3. The molecule has 4 heterocycles. The summed E-state index contributed by atoms with van der Waals surface area (Å²) < 4.78 is 19.9. The lowest BCUT2D eigenvalue weighted by Crippen LogP contribution is -2.40. The molecule has 2 aliphatic rings. The first-order valence-corrected chi connectivity index (χ1v) is 7.58. The summed E-state index contributed by atoms with van der Waals surface area (Å²) in [7, 11) is 0. The molecule has 0 amide bonds. The highest BCUT2D eigenvalue weighted by Gasteiger charge is 2.64. The lowest BCUT2D eigenvalue weighted by atomic mass is 9.91. The van der Waals surface area contributed by atoms with Crippen LogP contribution in [-0.2, 0) is 14.2 Å². The van der Waals surface area contributed by atoms with E-state index in [2.05, 4.69) is 10.1 Å². The summed E-state index contributed by atoms with van der Waals surface area (Å²) in [5.74, 6) is -0.343. The molecule has 2 fully saturated rings. The molecule has 0 radical (unpaired) electrons. The molecule has 8 nitrogen and oxygen atoms in total. The van der Waals surface area contributed by atoms with E-state index < -0.39 is 23.6 Å². The average Bonchev–Trinajstić information content (AvgIpc) is 3.07. The Morgan fingerprint density at radius 1 is 1.35 bits per heavy atom. The van der Waals surface area contributed by atoms with Gasteiger partial charge in [-0.1, -0.05) is 0 Å². The van der Waals surface area contributed by atoms with Crippen molar-refractivity contribution in [2.24, 2.45) is 0 Å². The monoisotopic (exact) mass is 320 g/mol. The fraction of sp³-hybridized carbons (Fsp3) is 0.600. The topological polar surface area (TPSA) is 104 Å². The van der Waals surface area contributed by atoms with Crippen molar-refractivity contribution in [1.82, 2.24) is 14.6 Å². The second-order valence-corrected chi connectivity index (χ2v) is 6.66. The first-order valence-electron chi connectivity index (χ1n) is 7.58. The third-order valence-electron chi connectivity index (χ3n) is 4.57. The van der Waals surface area contributed by atoms with Crippen molar-refractivity contribution in [2.45, 2.75) is 50.5 Å².